The highest BCUT2D eigenvalue weighted by Gasteiger charge is 2.60. The first-order chi connectivity index (χ1) is 15.4. The number of hydrogen-bond acceptors (Lipinski definition) is 9. The smallest absolute Gasteiger partial charge is 0.353 e. The molecule has 2 saturated heterocycles. The maximum absolute atomic E-state index is 12.9. The molecule has 0 radical (unpaired) electrons. The Morgan fingerprint density at radius 3 is 2.61 bits per heavy atom. The summed E-state index contributed by atoms with van der Waals surface area (Å²) in [5.74, 6) is -3.19. The molecule has 12 nitrogen and oxygen atoms in total. The van der Waals surface area contributed by atoms with Gasteiger partial charge in [-0.2, -0.15) is 8.42 Å². The molecule has 3 heterocycles. The third-order valence-electron chi connectivity index (χ3n) is 6.27. The van der Waals surface area contributed by atoms with Crippen molar-refractivity contribution in [2.45, 2.75) is 44.0 Å². The van der Waals surface area contributed by atoms with Gasteiger partial charge in [-0.05, 0) is 19.4 Å². The van der Waals surface area contributed by atoms with E-state index in [1.165, 1.54) is 16.7 Å². The number of nitrogens with zero attached hydrogens (tertiary/aromatic N) is 1. The SMILES string of the molecule is CNCC(=O)C[C@H](C)[C@H]1C(=O)N2C(C(=O)O)=C(S[C@@H]3CN[C@H](C(=O)NS(N)(=O)=O)C3)[C@H](C)[C@H]12. The molecule has 14 heteroatoms. The lowest BCUT2D eigenvalue weighted by Crippen LogP contribution is -2.62. The molecular formula is C19H29N5O7S2. The molecular weight excluding hydrogens is 474 g/mol. The molecule has 3 rings (SSSR count). The first-order valence-corrected chi connectivity index (χ1v) is 13.0. The number of carboxylic acids is 1. The predicted molar refractivity (Wildman–Crippen MR) is 120 cm³/mol. The van der Waals surface area contributed by atoms with Gasteiger partial charge in [0.2, 0.25) is 5.91 Å². The molecule has 33 heavy (non-hydrogen) atoms. The van der Waals surface area contributed by atoms with Crippen molar-refractivity contribution in [2.75, 3.05) is 20.1 Å². The summed E-state index contributed by atoms with van der Waals surface area (Å²) in [6, 6.07) is -1.12. The summed E-state index contributed by atoms with van der Waals surface area (Å²) >= 11 is 1.29. The second-order valence-electron chi connectivity index (χ2n) is 8.73. The number of thioether (sulfide) groups is 1. The lowest BCUT2D eigenvalue weighted by molar-refractivity contribution is -0.160. The fraction of sp³-hybridized carbons (Fsp3) is 0.684. The average Bonchev–Trinajstić information content (AvgIpc) is 3.23. The number of carbonyl (C=O) groups excluding carboxylic acids is 3. The number of hydrogen-bond donors (Lipinski definition) is 5. The van der Waals surface area contributed by atoms with Crippen LogP contribution in [-0.4, -0.2) is 79.5 Å². The second-order valence-corrected chi connectivity index (χ2v) is 11.4. The van der Waals surface area contributed by atoms with Gasteiger partial charge in [-0.15, -0.1) is 11.8 Å². The highest BCUT2D eigenvalue weighted by molar-refractivity contribution is 8.03. The van der Waals surface area contributed by atoms with Crippen molar-refractivity contribution in [1.29, 1.82) is 0 Å². The Bertz CT molecular complexity index is 998. The topological polar surface area (TPSA) is 188 Å². The number of fused-ring (bicyclic) bond motifs is 1. The Hall–Kier alpha value is -2.00. The number of carboxylic acid groups (broad SMARTS) is 1. The molecule has 0 aromatic carbocycles. The van der Waals surface area contributed by atoms with Gasteiger partial charge < -0.3 is 20.6 Å². The highest BCUT2D eigenvalue weighted by atomic mass is 32.2. The van der Waals surface area contributed by atoms with Crippen molar-refractivity contribution in [1.82, 2.24) is 20.3 Å². The Labute approximate surface area is 196 Å². The Morgan fingerprint density at radius 1 is 1.36 bits per heavy atom. The van der Waals surface area contributed by atoms with Gasteiger partial charge in [0.15, 0.2) is 0 Å². The third kappa shape index (κ3) is 5.24. The minimum Gasteiger partial charge on any atom is -0.477 e. The number of carbonyl (C=O) groups is 4. The minimum absolute atomic E-state index is 0.0104. The Balaban J connectivity index is 1.72. The van der Waals surface area contributed by atoms with Crippen molar-refractivity contribution in [2.24, 2.45) is 22.9 Å². The first kappa shape index (κ1) is 25.6. The van der Waals surface area contributed by atoms with Crippen LogP contribution in [0.15, 0.2) is 10.6 Å². The van der Waals surface area contributed by atoms with Crippen LogP contribution < -0.4 is 20.5 Å². The van der Waals surface area contributed by atoms with E-state index >= 15 is 0 Å². The molecule has 0 bridgehead atoms. The third-order valence-corrected chi connectivity index (χ3v) is 8.27. The summed E-state index contributed by atoms with van der Waals surface area (Å²) in [5, 5.41) is 20.2. The zero-order valence-corrected chi connectivity index (χ0v) is 20.2. The molecule has 6 atom stereocenters. The minimum atomic E-state index is -4.17. The molecule has 0 unspecified atom stereocenters. The van der Waals surface area contributed by atoms with Crippen LogP contribution in [0.1, 0.15) is 26.7 Å². The van der Waals surface area contributed by atoms with Crippen LogP contribution in [-0.2, 0) is 29.4 Å². The van der Waals surface area contributed by atoms with E-state index in [2.05, 4.69) is 10.6 Å². The summed E-state index contributed by atoms with van der Waals surface area (Å²) in [5.41, 5.74) is -0.0510. The van der Waals surface area contributed by atoms with Crippen molar-refractivity contribution in [3.05, 3.63) is 10.6 Å². The number of β-lactam (4-membered cyclic amide) rings is 1. The van der Waals surface area contributed by atoms with E-state index in [-0.39, 0.29) is 59.9 Å². The van der Waals surface area contributed by atoms with Gasteiger partial charge in [-0.25, -0.2) is 14.7 Å². The summed E-state index contributed by atoms with van der Waals surface area (Å²) < 4.78 is 23.9. The summed E-state index contributed by atoms with van der Waals surface area (Å²) in [6.07, 6.45) is 0.499. The van der Waals surface area contributed by atoms with E-state index in [4.69, 9.17) is 5.14 Å². The van der Waals surface area contributed by atoms with Crippen LogP contribution in [0.4, 0.5) is 0 Å². The summed E-state index contributed by atoms with van der Waals surface area (Å²) in [6.45, 7) is 4.27. The predicted octanol–water partition coefficient (Wildman–Crippen LogP) is -1.64. The number of Topliss-reactive ketones (excluding diaryl/α,β-unsaturated/α-hetero) is 1. The molecule has 3 aliphatic rings. The van der Waals surface area contributed by atoms with Gasteiger partial charge in [0, 0.05) is 29.0 Å². The zero-order valence-electron chi connectivity index (χ0n) is 18.5. The van der Waals surface area contributed by atoms with E-state index in [1.54, 1.807) is 11.8 Å². The highest BCUT2D eigenvalue weighted by Crippen LogP contribution is 2.53. The number of likely N-dealkylation sites (N-methyl/N-ethyl adjacent to an activating group) is 1. The monoisotopic (exact) mass is 503 g/mol. The fourth-order valence-electron chi connectivity index (χ4n) is 4.91. The number of nitrogens with one attached hydrogen (secondary N) is 3. The number of ketones is 1. The maximum atomic E-state index is 12.9. The van der Waals surface area contributed by atoms with Crippen LogP contribution in [0.25, 0.3) is 0 Å². The molecule has 184 valence electrons. The van der Waals surface area contributed by atoms with E-state index in [0.717, 1.165) is 0 Å². The Kier molecular flexibility index (Phi) is 7.53. The maximum Gasteiger partial charge on any atom is 0.353 e. The molecule has 3 aliphatic heterocycles. The van der Waals surface area contributed by atoms with Gasteiger partial charge in [0.25, 0.3) is 16.1 Å². The van der Waals surface area contributed by atoms with Crippen LogP contribution in [0.5, 0.6) is 0 Å². The molecule has 0 aromatic heterocycles. The molecule has 0 saturated carbocycles. The van der Waals surface area contributed by atoms with Crippen LogP contribution >= 0.6 is 11.8 Å². The summed E-state index contributed by atoms with van der Waals surface area (Å²) in [7, 11) is -2.50. The number of nitrogens with two attached hydrogens (primary N) is 1. The first-order valence-electron chi connectivity index (χ1n) is 10.6. The van der Waals surface area contributed by atoms with Gasteiger partial charge in [-0.3, -0.25) is 14.4 Å². The Morgan fingerprint density at radius 2 is 2.03 bits per heavy atom. The number of rotatable bonds is 10. The molecule has 2 fully saturated rings. The van der Waals surface area contributed by atoms with Gasteiger partial charge in [-0.1, -0.05) is 13.8 Å². The lowest BCUT2D eigenvalue weighted by Gasteiger charge is -2.47. The number of aliphatic carboxylic acids is 1. The molecule has 6 N–H and O–H groups in total. The van der Waals surface area contributed by atoms with Crippen LogP contribution in [0, 0.1) is 17.8 Å². The number of amides is 2. The molecule has 0 aromatic rings. The summed E-state index contributed by atoms with van der Waals surface area (Å²) in [4.78, 5) is 50.9. The van der Waals surface area contributed by atoms with E-state index in [0.29, 0.717) is 11.4 Å². The van der Waals surface area contributed by atoms with Gasteiger partial charge in [0.05, 0.1) is 24.5 Å². The van der Waals surface area contributed by atoms with Crippen molar-refractivity contribution >= 4 is 45.5 Å². The normalized spacial score (nSPS) is 30.1. The molecule has 0 aliphatic carbocycles. The fourth-order valence-corrected chi connectivity index (χ4v) is 6.81. The molecule has 2 amide bonds. The van der Waals surface area contributed by atoms with Gasteiger partial charge in [0.1, 0.15) is 11.5 Å². The van der Waals surface area contributed by atoms with Crippen LogP contribution in [0.2, 0.25) is 0 Å². The van der Waals surface area contributed by atoms with Crippen molar-refractivity contribution < 1.29 is 32.7 Å². The zero-order chi connectivity index (χ0) is 24.7. The average molecular weight is 504 g/mol. The van der Waals surface area contributed by atoms with Crippen LogP contribution in [0.3, 0.4) is 0 Å². The standard InChI is InChI=1S/C19H29N5O7S2/c1-8(4-10(25)6-21-3)13-14-9(2)16(15(19(28)29)24(14)18(13)27)32-11-5-12(22-7-11)17(26)23-33(20,30)31/h8-9,11-14,21-22H,4-7H2,1-3H3,(H,23,26)(H,28,29)(H2,20,30,31)/t8-,9+,11-,12-,13+,14+/m0/s1. The van der Waals surface area contributed by atoms with E-state index < -0.39 is 34.0 Å². The van der Waals surface area contributed by atoms with E-state index in [9.17, 15) is 32.7 Å². The quantitative estimate of drug-likeness (QED) is 0.216. The largest absolute Gasteiger partial charge is 0.477 e. The lowest BCUT2D eigenvalue weighted by atomic mass is 9.73. The van der Waals surface area contributed by atoms with E-state index in [1.807, 2.05) is 13.8 Å². The van der Waals surface area contributed by atoms with Crippen molar-refractivity contribution in [3.8, 4) is 0 Å². The van der Waals surface area contributed by atoms with Gasteiger partial charge >= 0.3 is 5.97 Å². The van der Waals surface area contributed by atoms with Crippen molar-refractivity contribution in [3.63, 3.8) is 0 Å². The molecule has 0 spiro atoms. The second kappa shape index (κ2) is 9.70.